The van der Waals surface area contributed by atoms with Gasteiger partial charge in [-0.25, -0.2) is 4.39 Å². The van der Waals surface area contributed by atoms with Gasteiger partial charge < -0.3 is 4.98 Å². The summed E-state index contributed by atoms with van der Waals surface area (Å²) in [5.74, 6) is -0.855. The van der Waals surface area contributed by atoms with Crippen LogP contribution in [0.15, 0.2) is 35.3 Å². The predicted octanol–water partition coefficient (Wildman–Crippen LogP) is 3.49. The summed E-state index contributed by atoms with van der Waals surface area (Å²) in [5.41, 5.74) is -0.177. The van der Waals surface area contributed by atoms with Gasteiger partial charge in [0.25, 0.3) is 5.56 Å². The molecule has 5 heteroatoms. The molecular formula is C11H6Cl2FNO. The molecule has 1 aromatic heterocycles. The first kappa shape index (κ1) is 11.2. The maximum atomic E-state index is 13.5. The Hall–Kier alpha value is -1.32. The zero-order valence-corrected chi connectivity index (χ0v) is 9.44. The van der Waals surface area contributed by atoms with Crippen LogP contribution in [-0.2, 0) is 0 Å². The van der Waals surface area contributed by atoms with Crippen molar-refractivity contribution in [2.75, 3.05) is 0 Å². The Morgan fingerprint density at radius 3 is 2.56 bits per heavy atom. The summed E-state index contributed by atoms with van der Waals surface area (Å²) < 4.78 is 13.5. The zero-order chi connectivity index (χ0) is 11.7. The lowest BCUT2D eigenvalue weighted by Gasteiger charge is -2.05. The van der Waals surface area contributed by atoms with Gasteiger partial charge in [-0.1, -0.05) is 29.3 Å². The monoisotopic (exact) mass is 257 g/mol. The van der Waals surface area contributed by atoms with E-state index in [1.807, 2.05) is 0 Å². The Morgan fingerprint density at radius 1 is 1.12 bits per heavy atom. The number of hydrogen-bond acceptors (Lipinski definition) is 1. The lowest BCUT2D eigenvalue weighted by atomic mass is 10.1. The van der Waals surface area contributed by atoms with Crippen molar-refractivity contribution in [1.82, 2.24) is 4.98 Å². The van der Waals surface area contributed by atoms with Gasteiger partial charge in [-0.15, -0.1) is 0 Å². The Morgan fingerprint density at radius 2 is 1.88 bits per heavy atom. The van der Waals surface area contributed by atoms with Gasteiger partial charge in [-0.05, 0) is 18.2 Å². The molecular weight excluding hydrogens is 252 g/mol. The molecule has 1 aromatic carbocycles. The number of benzene rings is 1. The standard InChI is InChI=1S/C11H6Cl2FNO/c12-6-1-2-7(9(13)5-6)8-3-4-15-11(16)10(8)14/h1-5H,(H,15,16). The molecule has 0 saturated heterocycles. The van der Waals surface area contributed by atoms with Crippen molar-refractivity contribution in [2.24, 2.45) is 0 Å². The van der Waals surface area contributed by atoms with Crippen LogP contribution in [0.25, 0.3) is 11.1 Å². The van der Waals surface area contributed by atoms with E-state index in [2.05, 4.69) is 4.98 Å². The maximum Gasteiger partial charge on any atom is 0.284 e. The summed E-state index contributed by atoms with van der Waals surface area (Å²) in [6.45, 7) is 0. The Balaban J connectivity index is 2.68. The fraction of sp³-hybridized carbons (Fsp3) is 0. The molecule has 2 rings (SSSR count). The topological polar surface area (TPSA) is 32.9 Å². The number of aromatic amines is 1. The zero-order valence-electron chi connectivity index (χ0n) is 7.93. The molecule has 0 bridgehead atoms. The van der Waals surface area contributed by atoms with E-state index in [9.17, 15) is 9.18 Å². The van der Waals surface area contributed by atoms with E-state index in [0.717, 1.165) is 0 Å². The second-order valence-electron chi connectivity index (χ2n) is 3.16. The van der Waals surface area contributed by atoms with Crippen molar-refractivity contribution < 1.29 is 4.39 Å². The highest BCUT2D eigenvalue weighted by Gasteiger charge is 2.11. The maximum absolute atomic E-state index is 13.5. The van der Waals surface area contributed by atoms with Crippen LogP contribution in [0.4, 0.5) is 4.39 Å². The summed E-state index contributed by atoms with van der Waals surface area (Å²) in [7, 11) is 0. The van der Waals surface area contributed by atoms with Crippen molar-refractivity contribution in [3.05, 3.63) is 56.7 Å². The molecule has 0 radical (unpaired) electrons. The molecule has 0 aliphatic rings. The smallest absolute Gasteiger partial charge is 0.284 e. The fourth-order valence-electron chi connectivity index (χ4n) is 1.38. The molecule has 0 saturated carbocycles. The van der Waals surface area contributed by atoms with Crippen LogP contribution in [0.2, 0.25) is 10.0 Å². The molecule has 0 atom stereocenters. The summed E-state index contributed by atoms with van der Waals surface area (Å²) in [6, 6.07) is 6.11. The number of halogens is 3. The molecule has 0 spiro atoms. The molecule has 2 nitrogen and oxygen atoms in total. The van der Waals surface area contributed by atoms with Crippen molar-refractivity contribution in [3.63, 3.8) is 0 Å². The first-order chi connectivity index (χ1) is 7.59. The van der Waals surface area contributed by atoms with Gasteiger partial charge in [-0.3, -0.25) is 4.79 Å². The average molecular weight is 258 g/mol. The molecule has 1 heterocycles. The Labute approximate surface area is 101 Å². The first-order valence-electron chi connectivity index (χ1n) is 4.42. The van der Waals surface area contributed by atoms with E-state index in [1.165, 1.54) is 18.3 Å². The van der Waals surface area contributed by atoms with Crippen LogP contribution in [0.1, 0.15) is 0 Å². The van der Waals surface area contributed by atoms with E-state index < -0.39 is 11.4 Å². The third-order valence-corrected chi connectivity index (χ3v) is 2.67. The highest BCUT2D eigenvalue weighted by Crippen LogP contribution is 2.30. The van der Waals surface area contributed by atoms with Crippen LogP contribution in [0.5, 0.6) is 0 Å². The van der Waals surface area contributed by atoms with Crippen molar-refractivity contribution in [2.45, 2.75) is 0 Å². The molecule has 0 unspecified atom stereocenters. The van der Waals surface area contributed by atoms with Crippen LogP contribution in [0.3, 0.4) is 0 Å². The van der Waals surface area contributed by atoms with E-state index in [-0.39, 0.29) is 5.56 Å². The second kappa shape index (κ2) is 4.28. The summed E-state index contributed by atoms with van der Waals surface area (Å²) in [4.78, 5) is 13.3. The van der Waals surface area contributed by atoms with Gasteiger partial charge in [0.2, 0.25) is 0 Å². The van der Waals surface area contributed by atoms with Crippen LogP contribution in [-0.4, -0.2) is 4.98 Å². The number of rotatable bonds is 1. The fourth-order valence-corrected chi connectivity index (χ4v) is 1.89. The minimum atomic E-state index is -0.855. The predicted molar refractivity (Wildman–Crippen MR) is 62.5 cm³/mol. The summed E-state index contributed by atoms with van der Waals surface area (Å²) in [6.07, 6.45) is 1.37. The number of pyridine rings is 1. The largest absolute Gasteiger partial charge is 0.327 e. The van der Waals surface area contributed by atoms with E-state index >= 15 is 0 Å². The van der Waals surface area contributed by atoms with Crippen LogP contribution >= 0.6 is 23.2 Å². The first-order valence-corrected chi connectivity index (χ1v) is 5.18. The molecule has 1 N–H and O–H groups in total. The van der Waals surface area contributed by atoms with Crippen LogP contribution in [0, 0.1) is 5.82 Å². The normalized spacial score (nSPS) is 10.4. The average Bonchev–Trinajstić information content (AvgIpc) is 2.23. The Bertz CT molecular complexity index is 595. The van der Waals surface area contributed by atoms with Crippen molar-refractivity contribution in [1.29, 1.82) is 0 Å². The number of hydrogen-bond donors (Lipinski definition) is 1. The molecule has 2 aromatic rings. The van der Waals surface area contributed by atoms with Crippen molar-refractivity contribution in [3.8, 4) is 11.1 Å². The van der Waals surface area contributed by atoms with Gasteiger partial charge in [0, 0.05) is 27.4 Å². The summed E-state index contributed by atoms with van der Waals surface area (Å²) >= 11 is 11.7. The lowest BCUT2D eigenvalue weighted by Crippen LogP contribution is -2.10. The van der Waals surface area contributed by atoms with Gasteiger partial charge in [-0.2, -0.15) is 0 Å². The highest BCUT2D eigenvalue weighted by atomic mass is 35.5. The van der Waals surface area contributed by atoms with Gasteiger partial charge in [0.15, 0.2) is 5.82 Å². The molecule has 0 aliphatic carbocycles. The molecule has 0 amide bonds. The van der Waals surface area contributed by atoms with Gasteiger partial charge >= 0.3 is 0 Å². The van der Waals surface area contributed by atoms with E-state index in [1.54, 1.807) is 12.1 Å². The minimum Gasteiger partial charge on any atom is -0.327 e. The minimum absolute atomic E-state index is 0.158. The molecule has 0 aliphatic heterocycles. The van der Waals surface area contributed by atoms with Crippen molar-refractivity contribution >= 4 is 23.2 Å². The number of nitrogens with one attached hydrogen (secondary N) is 1. The number of aromatic nitrogens is 1. The molecule has 82 valence electrons. The third kappa shape index (κ3) is 1.96. The molecule has 0 fully saturated rings. The van der Waals surface area contributed by atoms with E-state index in [0.29, 0.717) is 15.6 Å². The lowest BCUT2D eigenvalue weighted by molar-refractivity contribution is 0.612. The molecule has 16 heavy (non-hydrogen) atoms. The SMILES string of the molecule is O=c1[nH]ccc(-c2ccc(Cl)cc2Cl)c1F. The van der Waals surface area contributed by atoms with Gasteiger partial charge in [0.05, 0.1) is 0 Å². The number of H-pyrrole nitrogens is 1. The van der Waals surface area contributed by atoms with Gasteiger partial charge in [0.1, 0.15) is 0 Å². The summed E-state index contributed by atoms with van der Waals surface area (Å²) in [5, 5.41) is 0.760. The second-order valence-corrected chi connectivity index (χ2v) is 4.00. The highest BCUT2D eigenvalue weighted by molar-refractivity contribution is 6.36. The quantitative estimate of drug-likeness (QED) is 0.834. The van der Waals surface area contributed by atoms with Crippen LogP contribution < -0.4 is 5.56 Å². The van der Waals surface area contributed by atoms with E-state index in [4.69, 9.17) is 23.2 Å². The third-order valence-electron chi connectivity index (χ3n) is 2.12. The Kier molecular flexibility index (Phi) is 2.99.